The van der Waals surface area contributed by atoms with E-state index in [0.717, 1.165) is 23.9 Å². The topological polar surface area (TPSA) is 175 Å². The summed E-state index contributed by atoms with van der Waals surface area (Å²) in [7, 11) is -1.96. The Morgan fingerprint density at radius 2 is 1.86 bits per heavy atom. The largest absolute Gasteiger partial charge is 0.412 e. The molecule has 238 valence electrons. The number of rotatable bonds is 10. The first-order valence-electron chi connectivity index (χ1n) is 14.2. The van der Waals surface area contributed by atoms with Crippen LogP contribution >= 0.6 is 0 Å². The number of imidazole rings is 1. The highest BCUT2D eigenvalue weighted by Gasteiger charge is 2.36. The smallest absolute Gasteiger partial charge is 0.290 e. The van der Waals surface area contributed by atoms with Crippen molar-refractivity contribution >= 4 is 33.0 Å². The second-order valence-electron chi connectivity index (χ2n) is 11.0. The molecule has 2 fully saturated rings. The van der Waals surface area contributed by atoms with Crippen LogP contribution in [-0.2, 0) is 30.9 Å². The maximum atomic E-state index is 14.1. The Balaban J connectivity index is 0.000000947. The molecule has 4 N–H and O–H groups in total. The summed E-state index contributed by atoms with van der Waals surface area (Å²) in [5.74, 6) is 0.743. The van der Waals surface area contributed by atoms with E-state index in [1.165, 1.54) is 0 Å². The van der Waals surface area contributed by atoms with Crippen LogP contribution in [0.15, 0.2) is 24.3 Å². The number of benzene rings is 1. The molecule has 0 spiro atoms. The maximum absolute atomic E-state index is 14.1. The molecule has 42 heavy (non-hydrogen) atoms. The van der Waals surface area contributed by atoms with Gasteiger partial charge in [0.2, 0.25) is 5.91 Å². The monoisotopic (exact) mass is 613 g/mol. The first kappa shape index (κ1) is 35.6. The number of carbonyl (C=O) groups is 2. The summed E-state index contributed by atoms with van der Waals surface area (Å²) in [5, 5.41) is 3.44. The number of morpholine rings is 1. The number of para-hydroxylation sites is 2. The SMILES string of the molecule is COCCCCn1c(C(=O)N(CC(C)C)[C@@H]2CNC[C@H](C(=O)N3CCOCC3)C2)nc2ccccc21.CS(=O)(=O)O.O. The Hall–Kier alpha value is -2.62. The van der Waals surface area contributed by atoms with Crippen molar-refractivity contribution in [2.45, 2.75) is 45.7 Å². The summed E-state index contributed by atoms with van der Waals surface area (Å²) in [4.78, 5) is 36.0. The minimum atomic E-state index is -3.67. The van der Waals surface area contributed by atoms with Gasteiger partial charge in [0.15, 0.2) is 5.82 Å². The van der Waals surface area contributed by atoms with Gasteiger partial charge in [-0.2, -0.15) is 8.42 Å². The minimum absolute atomic E-state index is 0. The molecule has 2 aromatic rings. The van der Waals surface area contributed by atoms with Gasteiger partial charge in [-0.15, -0.1) is 0 Å². The summed E-state index contributed by atoms with van der Waals surface area (Å²) in [6.45, 7) is 10.1. The molecule has 1 aromatic carbocycles. The predicted octanol–water partition coefficient (Wildman–Crippen LogP) is 1.08. The van der Waals surface area contributed by atoms with Gasteiger partial charge in [-0.05, 0) is 37.3 Å². The van der Waals surface area contributed by atoms with E-state index >= 15 is 0 Å². The van der Waals surface area contributed by atoms with Crippen LogP contribution < -0.4 is 5.32 Å². The first-order valence-corrected chi connectivity index (χ1v) is 16.1. The molecule has 14 heteroatoms. The quantitative estimate of drug-likeness (QED) is 0.293. The molecule has 3 heterocycles. The fourth-order valence-electron chi connectivity index (χ4n) is 5.29. The summed E-state index contributed by atoms with van der Waals surface area (Å²) in [6.07, 6.45) is 3.20. The molecule has 0 aliphatic carbocycles. The Morgan fingerprint density at radius 3 is 2.50 bits per heavy atom. The van der Waals surface area contributed by atoms with Crippen LogP contribution in [0.25, 0.3) is 11.0 Å². The summed E-state index contributed by atoms with van der Waals surface area (Å²) < 4.78 is 38.6. The number of amides is 2. The predicted molar refractivity (Wildman–Crippen MR) is 160 cm³/mol. The van der Waals surface area contributed by atoms with Gasteiger partial charge in [0.05, 0.1) is 36.4 Å². The highest BCUT2D eigenvalue weighted by molar-refractivity contribution is 7.85. The third-order valence-electron chi connectivity index (χ3n) is 7.09. The maximum Gasteiger partial charge on any atom is 0.290 e. The highest BCUT2D eigenvalue weighted by Crippen LogP contribution is 2.24. The summed E-state index contributed by atoms with van der Waals surface area (Å²) in [6, 6.07) is 7.87. The molecule has 0 bridgehead atoms. The number of ether oxygens (including phenoxy) is 2. The zero-order chi connectivity index (χ0) is 30.0. The minimum Gasteiger partial charge on any atom is -0.412 e. The number of piperidine rings is 1. The van der Waals surface area contributed by atoms with Gasteiger partial charge in [-0.25, -0.2) is 4.98 Å². The lowest BCUT2D eigenvalue weighted by atomic mass is 9.92. The zero-order valence-corrected chi connectivity index (χ0v) is 25.9. The van der Waals surface area contributed by atoms with E-state index in [2.05, 4.69) is 23.7 Å². The molecular formula is C28H47N5O8S. The lowest BCUT2D eigenvalue weighted by Crippen LogP contribution is -2.56. The van der Waals surface area contributed by atoms with Gasteiger partial charge in [0.25, 0.3) is 16.0 Å². The second-order valence-corrected chi connectivity index (χ2v) is 12.5. The second kappa shape index (κ2) is 16.9. The van der Waals surface area contributed by atoms with Crippen LogP contribution in [0.4, 0.5) is 0 Å². The number of aromatic nitrogens is 2. The zero-order valence-electron chi connectivity index (χ0n) is 25.1. The molecule has 2 atom stereocenters. The molecule has 13 nitrogen and oxygen atoms in total. The first-order chi connectivity index (χ1) is 19.5. The van der Waals surface area contributed by atoms with Crippen molar-refractivity contribution in [2.24, 2.45) is 11.8 Å². The number of methoxy groups -OCH3 is 1. The van der Waals surface area contributed by atoms with E-state index < -0.39 is 10.1 Å². The molecule has 1 aromatic heterocycles. The van der Waals surface area contributed by atoms with Gasteiger partial charge in [-0.3, -0.25) is 14.1 Å². The lowest BCUT2D eigenvalue weighted by molar-refractivity contribution is -0.140. The van der Waals surface area contributed by atoms with Crippen molar-refractivity contribution in [3.63, 3.8) is 0 Å². The third-order valence-corrected chi connectivity index (χ3v) is 7.09. The van der Waals surface area contributed by atoms with Gasteiger partial charge in [0, 0.05) is 59.0 Å². The van der Waals surface area contributed by atoms with Crippen molar-refractivity contribution in [3.05, 3.63) is 30.1 Å². The number of unbranched alkanes of at least 4 members (excludes halogenated alkanes) is 1. The van der Waals surface area contributed by atoms with Crippen molar-refractivity contribution < 1.29 is 37.5 Å². The number of carbonyl (C=O) groups excluding carboxylic acids is 2. The van der Waals surface area contributed by atoms with Crippen molar-refractivity contribution in [1.29, 1.82) is 0 Å². The molecule has 0 unspecified atom stereocenters. The van der Waals surface area contributed by atoms with E-state index in [9.17, 15) is 18.0 Å². The van der Waals surface area contributed by atoms with E-state index in [0.29, 0.717) is 83.5 Å². The number of nitrogens with one attached hydrogen (secondary N) is 1. The van der Waals surface area contributed by atoms with E-state index in [4.69, 9.17) is 19.0 Å². The fourth-order valence-corrected chi connectivity index (χ4v) is 5.29. The van der Waals surface area contributed by atoms with Crippen LogP contribution in [-0.4, -0.2) is 122 Å². The Bertz CT molecular complexity index is 1240. The van der Waals surface area contributed by atoms with Crippen molar-refractivity contribution in [3.8, 4) is 0 Å². The van der Waals surface area contributed by atoms with Crippen LogP contribution in [0.5, 0.6) is 0 Å². The Morgan fingerprint density at radius 1 is 1.19 bits per heavy atom. The van der Waals surface area contributed by atoms with E-state index in [1.807, 2.05) is 34.1 Å². The van der Waals surface area contributed by atoms with Crippen LogP contribution in [0.2, 0.25) is 0 Å². The fraction of sp³-hybridized carbons (Fsp3) is 0.679. The van der Waals surface area contributed by atoms with Gasteiger partial charge in [0.1, 0.15) is 0 Å². The summed E-state index contributed by atoms with van der Waals surface area (Å²) >= 11 is 0. The summed E-state index contributed by atoms with van der Waals surface area (Å²) in [5.41, 5.74) is 1.81. The van der Waals surface area contributed by atoms with E-state index in [-0.39, 0.29) is 29.3 Å². The van der Waals surface area contributed by atoms with Crippen LogP contribution in [0, 0.1) is 11.8 Å². The number of fused-ring (bicyclic) bond motifs is 1. The Kier molecular flexibility index (Phi) is 14.3. The van der Waals surface area contributed by atoms with Gasteiger partial charge < -0.3 is 34.6 Å². The lowest BCUT2D eigenvalue weighted by Gasteiger charge is -2.40. The molecule has 2 amide bonds. The standard InChI is InChI=1S/C27H41N5O4.CH4O3S.H2O/c1-20(2)19-32(22-16-21(17-28-18-22)26(33)30-11-14-36-15-12-30)27(34)25-29-23-8-4-5-9-24(23)31(25)10-6-7-13-35-3;1-5(2,3)4;/h4-5,8-9,20-22,28H,6-7,10-19H2,1-3H3;1H3,(H,2,3,4);1H2/t21-,22+;;/m1../s1. The molecular weight excluding hydrogens is 566 g/mol. The Labute approximate surface area is 248 Å². The molecule has 2 aliphatic heterocycles. The van der Waals surface area contributed by atoms with Crippen LogP contribution in [0.3, 0.4) is 0 Å². The van der Waals surface area contributed by atoms with Gasteiger partial charge in [-0.1, -0.05) is 26.0 Å². The normalized spacial score (nSPS) is 19.1. The molecule has 2 aliphatic rings. The molecule has 4 rings (SSSR count). The average molecular weight is 614 g/mol. The highest BCUT2D eigenvalue weighted by atomic mass is 32.2. The molecule has 0 saturated carbocycles. The number of hydrogen-bond acceptors (Lipinski definition) is 8. The third kappa shape index (κ3) is 10.6. The average Bonchev–Trinajstić information content (AvgIpc) is 3.31. The molecule has 2 saturated heterocycles. The van der Waals surface area contributed by atoms with Gasteiger partial charge >= 0.3 is 0 Å². The van der Waals surface area contributed by atoms with Crippen molar-refractivity contribution in [2.75, 3.05) is 65.9 Å². The van der Waals surface area contributed by atoms with E-state index in [1.54, 1.807) is 7.11 Å². The van der Waals surface area contributed by atoms with Crippen LogP contribution in [0.1, 0.15) is 43.7 Å². The number of aryl methyl sites for hydroxylation is 1. The number of nitrogens with zero attached hydrogens (tertiary/aromatic N) is 4. The number of hydrogen-bond donors (Lipinski definition) is 2. The molecule has 0 radical (unpaired) electrons. The van der Waals surface area contributed by atoms with Crippen molar-refractivity contribution in [1.82, 2.24) is 24.7 Å².